The summed E-state index contributed by atoms with van der Waals surface area (Å²) in [6, 6.07) is 5.03. The van der Waals surface area contributed by atoms with Crippen LogP contribution in [0.25, 0.3) is 10.6 Å². The topological polar surface area (TPSA) is 57.2 Å². The molecule has 0 aliphatic carbocycles. The van der Waals surface area contributed by atoms with Crippen LogP contribution in [-0.4, -0.2) is 35.8 Å². The summed E-state index contributed by atoms with van der Waals surface area (Å²) in [5.74, 6) is 0.193. The molecule has 0 amide bonds. The van der Waals surface area contributed by atoms with Gasteiger partial charge in [-0.05, 0) is 12.1 Å². The molecule has 2 aromatic rings. The Morgan fingerprint density at radius 1 is 1.25 bits per heavy atom. The zero-order valence-electron chi connectivity index (χ0n) is 12.8. The highest BCUT2D eigenvalue weighted by Crippen LogP contribution is 2.31. The molecule has 0 radical (unpaired) electrons. The number of nitrogens with one attached hydrogen (secondary N) is 2. The second kappa shape index (κ2) is 7.18. The second-order valence-electron chi connectivity index (χ2n) is 5.84. The standard InChI is InChI=1S/C16H18F3N3OS/c17-16(18,19)12-3-1-10(2-4-12)15-22-13(9-24-15)7-20-5-11-6-21-8-14(11)23/h1-4,9,11,14,20-21,23H,5-8H2. The summed E-state index contributed by atoms with van der Waals surface area (Å²) in [4.78, 5) is 4.45. The van der Waals surface area contributed by atoms with E-state index >= 15 is 0 Å². The maximum absolute atomic E-state index is 12.6. The van der Waals surface area contributed by atoms with Gasteiger partial charge in [-0.25, -0.2) is 4.98 Å². The molecule has 1 aromatic carbocycles. The summed E-state index contributed by atoms with van der Waals surface area (Å²) in [5, 5.41) is 18.7. The number of alkyl halides is 3. The second-order valence-corrected chi connectivity index (χ2v) is 6.69. The van der Waals surface area contributed by atoms with E-state index in [-0.39, 0.29) is 12.0 Å². The number of β-amino-alcohol motifs (C(OH)–C–C–N with tert-alkyl or cyclic N) is 1. The fourth-order valence-corrected chi connectivity index (χ4v) is 3.46. The van der Waals surface area contributed by atoms with Crippen molar-refractivity contribution in [3.05, 3.63) is 40.9 Å². The minimum Gasteiger partial charge on any atom is -0.391 e. The molecule has 3 N–H and O–H groups in total. The first kappa shape index (κ1) is 17.3. The molecule has 2 heterocycles. The summed E-state index contributed by atoms with van der Waals surface area (Å²) >= 11 is 1.41. The largest absolute Gasteiger partial charge is 0.416 e. The molecular weight excluding hydrogens is 339 g/mol. The number of rotatable bonds is 5. The van der Waals surface area contributed by atoms with Crippen molar-refractivity contribution in [3.63, 3.8) is 0 Å². The average molecular weight is 357 g/mol. The highest BCUT2D eigenvalue weighted by atomic mass is 32.1. The fraction of sp³-hybridized carbons (Fsp3) is 0.438. The van der Waals surface area contributed by atoms with Crippen LogP contribution in [0.4, 0.5) is 13.2 Å². The quantitative estimate of drug-likeness (QED) is 0.770. The predicted octanol–water partition coefficient (Wildman–Crippen LogP) is 2.50. The summed E-state index contributed by atoms with van der Waals surface area (Å²) in [6.07, 6.45) is -4.65. The van der Waals surface area contributed by atoms with Crippen LogP contribution >= 0.6 is 11.3 Å². The summed E-state index contributed by atoms with van der Waals surface area (Å²) < 4.78 is 37.7. The molecule has 24 heavy (non-hydrogen) atoms. The minimum absolute atomic E-state index is 0.193. The lowest BCUT2D eigenvalue weighted by Gasteiger charge is -2.13. The first-order valence-corrected chi connectivity index (χ1v) is 8.53. The number of aliphatic hydroxyl groups is 1. The first-order valence-electron chi connectivity index (χ1n) is 7.65. The van der Waals surface area contributed by atoms with E-state index in [0.717, 1.165) is 24.4 Å². The van der Waals surface area contributed by atoms with Gasteiger partial charge >= 0.3 is 6.18 Å². The Balaban J connectivity index is 1.57. The Morgan fingerprint density at radius 2 is 2.00 bits per heavy atom. The van der Waals surface area contributed by atoms with Gasteiger partial charge in [0.2, 0.25) is 0 Å². The van der Waals surface area contributed by atoms with E-state index in [1.165, 1.54) is 23.5 Å². The van der Waals surface area contributed by atoms with Crippen LogP contribution < -0.4 is 10.6 Å². The van der Waals surface area contributed by atoms with Gasteiger partial charge < -0.3 is 15.7 Å². The number of aliphatic hydroxyl groups excluding tert-OH is 1. The molecule has 2 unspecified atom stereocenters. The number of hydrogen-bond donors (Lipinski definition) is 3. The van der Waals surface area contributed by atoms with Gasteiger partial charge in [-0.2, -0.15) is 13.2 Å². The maximum atomic E-state index is 12.6. The monoisotopic (exact) mass is 357 g/mol. The molecule has 1 fully saturated rings. The van der Waals surface area contributed by atoms with Gasteiger partial charge in [-0.1, -0.05) is 12.1 Å². The van der Waals surface area contributed by atoms with E-state index in [1.807, 2.05) is 5.38 Å². The highest BCUT2D eigenvalue weighted by molar-refractivity contribution is 7.13. The molecule has 8 heteroatoms. The van der Waals surface area contributed by atoms with Crippen molar-refractivity contribution in [1.82, 2.24) is 15.6 Å². The average Bonchev–Trinajstić information content (AvgIpc) is 3.17. The van der Waals surface area contributed by atoms with Gasteiger partial charge in [-0.3, -0.25) is 0 Å². The van der Waals surface area contributed by atoms with Crippen molar-refractivity contribution in [2.24, 2.45) is 5.92 Å². The molecule has 0 bridgehead atoms. The van der Waals surface area contributed by atoms with Crippen molar-refractivity contribution < 1.29 is 18.3 Å². The third kappa shape index (κ3) is 4.13. The lowest BCUT2D eigenvalue weighted by Crippen LogP contribution is -2.30. The number of aromatic nitrogens is 1. The van der Waals surface area contributed by atoms with E-state index in [9.17, 15) is 18.3 Å². The fourth-order valence-electron chi connectivity index (χ4n) is 2.64. The zero-order valence-corrected chi connectivity index (χ0v) is 13.6. The molecule has 2 atom stereocenters. The lowest BCUT2D eigenvalue weighted by atomic mass is 10.1. The Hall–Kier alpha value is -1.48. The Labute approximate surface area is 141 Å². The van der Waals surface area contributed by atoms with Gasteiger partial charge in [-0.15, -0.1) is 11.3 Å². The number of nitrogens with zero attached hydrogens (tertiary/aromatic N) is 1. The molecule has 1 aliphatic heterocycles. The van der Waals surface area contributed by atoms with Crippen molar-refractivity contribution in [1.29, 1.82) is 0 Å². The molecule has 1 aliphatic rings. The molecule has 0 saturated carbocycles. The zero-order chi connectivity index (χ0) is 17.2. The van der Waals surface area contributed by atoms with Crippen LogP contribution in [0.15, 0.2) is 29.6 Å². The number of benzene rings is 1. The maximum Gasteiger partial charge on any atom is 0.416 e. The number of thiazole rings is 1. The van der Waals surface area contributed by atoms with Gasteiger partial charge in [0, 0.05) is 43.0 Å². The molecule has 0 spiro atoms. The minimum atomic E-state index is -4.32. The highest BCUT2D eigenvalue weighted by Gasteiger charge is 2.30. The van der Waals surface area contributed by atoms with Crippen LogP contribution in [0.5, 0.6) is 0 Å². The van der Waals surface area contributed by atoms with Crippen molar-refractivity contribution >= 4 is 11.3 Å². The smallest absolute Gasteiger partial charge is 0.391 e. The van der Waals surface area contributed by atoms with E-state index < -0.39 is 11.7 Å². The van der Waals surface area contributed by atoms with Crippen molar-refractivity contribution in [2.75, 3.05) is 19.6 Å². The molecular formula is C16H18F3N3OS. The Morgan fingerprint density at radius 3 is 2.62 bits per heavy atom. The van der Waals surface area contributed by atoms with Crippen molar-refractivity contribution in [2.45, 2.75) is 18.8 Å². The summed E-state index contributed by atoms with van der Waals surface area (Å²) in [7, 11) is 0. The van der Waals surface area contributed by atoms with Crippen LogP contribution in [0.1, 0.15) is 11.3 Å². The normalized spacial score (nSPS) is 21.3. The van der Waals surface area contributed by atoms with E-state index in [4.69, 9.17) is 0 Å². The van der Waals surface area contributed by atoms with Gasteiger partial charge in [0.05, 0.1) is 17.4 Å². The first-order chi connectivity index (χ1) is 11.4. The lowest BCUT2D eigenvalue weighted by molar-refractivity contribution is -0.137. The van der Waals surface area contributed by atoms with Crippen LogP contribution in [-0.2, 0) is 12.7 Å². The molecule has 1 saturated heterocycles. The predicted molar refractivity (Wildman–Crippen MR) is 86.6 cm³/mol. The van der Waals surface area contributed by atoms with E-state index in [1.54, 1.807) is 0 Å². The van der Waals surface area contributed by atoms with Gasteiger partial charge in [0.25, 0.3) is 0 Å². The van der Waals surface area contributed by atoms with Crippen LogP contribution in [0.3, 0.4) is 0 Å². The Bertz CT molecular complexity index is 672. The van der Waals surface area contributed by atoms with Gasteiger partial charge in [0.15, 0.2) is 0 Å². The van der Waals surface area contributed by atoms with Crippen LogP contribution in [0.2, 0.25) is 0 Å². The van der Waals surface area contributed by atoms with Crippen molar-refractivity contribution in [3.8, 4) is 10.6 Å². The molecule has 130 valence electrons. The number of halogens is 3. The van der Waals surface area contributed by atoms with Crippen LogP contribution in [0, 0.1) is 5.92 Å². The van der Waals surface area contributed by atoms with E-state index in [2.05, 4.69) is 15.6 Å². The number of hydrogen-bond acceptors (Lipinski definition) is 5. The van der Waals surface area contributed by atoms with E-state index in [0.29, 0.717) is 30.2 Å². The third-order valence-corrected chi connectivity index (χ3v) is 4.97. The molecule has 3 rings (SSSR count). The molecule has 1 aromatic heterocycles. The molecule has 4 nitrogen and oxygen atoms in total. The SMILES string of the molecule is OC1CNCC1CNCc1csc(-c2ccc(C(F)(F)F)cc2)n1. The summed E-state index contributed by atoms with van der Waals surface area (Å²) in [6.45, 7) is 2.69. The summed E-state index contributed by atoms with van der Waals surface area (Å²) in [5.41, 5.74) is 0.860. The van der Waals surface area contributed by atoms with Gasteiger partial charge in [0.1, 0.15) is 5.01 Å². The Kier molecular flexibility index (Phi) is 5.19. The third-order valence-electron chi connectivity index (χ3n) is 4.03.